The summed E-state index contributed by atoms with van der Waals surface area (Å²) in [5.41, 5.74) is 3.03. The van der Waals surface area contributed by atoms with E-state index >= 15 is 0 Å². The summed E-state index contributed by atoms with van der Waals surface area (Å²) in [7, 11) is 3.16. The average Bonchev–Trinajstić information content (AvgIpc) is 3.45. The van der Waals surface area contributed by atoms with Crippen LogP contribution in [0.25, 0.3) is 17.2 Å². The third kappa shape index (κ3) is 3.79. The van der Waals surface area contributed by atoms with Crippen molar-refractivity contribution in [3.63, 3.8) is 0 Å². The Morgan fingerprint density at radius 2 is 1.96 bits per heavy atom. The van der Waals surface area contributed by atoms with Gasteiger partial charge in [-0.25, -0.2) is 4.98 Å². The van der Waals surface area contributed by atoms with Crippen LogP contribution in [0.15, 0.2) is 46.9 Å². The van der Waals surface area contributed by atoms with Gasteiger partial charge in [0, 0.05) is 17.7 Å². The Kier molecular flexibility index (Phi) is 4.54. The lowest BCUT2D eigenvalue weighted by atomic mass is 10.2. The summed E-state index contributed by atoms with van der Waals surface area (Å²) in [5.74, 6) is 2.28. The van der Waals surface area contributed by atoms with E-state index in [-0.39, 0.29) is 5.91 Å². The molecule has 0 radical (unpaired) electrons. The van der Waals surface area contributed by atoms with Crippen molar-refractivity contribution in [2.75, 3.05) is 19.5 Å². The fourth-order valence-electron chi connectivity index (χ4n) is 2.84. The number of rotatable bonds is 6. The molecule has 1 saturated carbocycles. The molecule has 0 bridgehead atoms. The first-order valence-corrected chi connectivity index (χ1v) is 8.78. The number of oxazole rings is 1. The molecule has 0 spiro atoms. The van der Waals surface area contributed by atoms with E-state index in [1.165, 1.54) is 6.08 Å². The van der Waals surface area contributed by atoms with Crippen LogP contribution in [0.1, 0.15) is 30.2 Å². The van der Waals surface area contributed by atoms with Gasteiger partial charge < -0.3 is 19.2 Å². The number of benzene rings is 2. The highest BCUT2D eigenvalue weighted by atomic mass is 16.5. The number of nitrogens with zero attached hydrogens (tertiary/aromatic N) is 1. The summed E-state index contributed by atoms with van der Waals surface area (Å²) in [6.45, 7) is 0. The average molecular weight is 364 g/mol. The van der Waals surface area contributed by atoms with Gasteiger partial charge in [0.05, 0.1) is 14.2 Å². The maximum absolute atomic E-state index is 12.2. The Morgan fingerprint density at radius 3 is 2.70 bits per heavy atom. The molecule has 1 aromatic heterocycles. The van der Waals surface area contributed by atoms with Gasteiger partial charge in [-0.2, -0.15) is 0 Å². The molecule has 1 aliphatic carbocycles. The van der Waals surface area contributed by atoms with Crippen molar-refractivity contribution < 1.29 is 18.7 Å². The summed E-state index contributed by atoms with van der Waals surface area (Å²) in [5, 5.41) is 2.85. The first kappa shape index (κ1) is 17.1. The Morgan fingerprint density at radius 1 is 1.15 bits per heavy atom. The topological polar surface area (TPSA) is 73.6 Å². The molecule has 0 saturated heterocycles. The minimum atomic E-state index is -0.227. The predicted octanol–water partition coefficient (Wildman–Crippen LogP) is 4.37. The van der Waals surface area contributed by atoms with Crippen molar-refractivity contribution in [1.82, 2.24) is 4.98 Å². The lowest BCUT2D eigenvalue weighted by Gasteiger charge is -2.07. The first-order valence-electron chi connectivity index (χ1n) is 8.78. The zero-order valence-corrected chi connectivity index (χ0v) is 15.2. The van der Waals surface area contributed by atoms with Gasteiger partial charge in [0.15, 0.2) is 23.0 Å². The maximum Gasteiger partial charge on any atom is 0.248 e. The van der Waals surface area contributed by atoms with Gasteiger partial charge in [0.1, 0.15) is 5.52 Å². The largest absolute Gasteiger partial charge is 0.493 e. The number of fused-ring (bicyclic) bond motifs is 1. The molecule has 6 nitrogen and oxygen atoms in total. The molecule has 0 atom stereocenters. The molecule has 0 unspecified atom stereocenters. The van der Waals surface area contributed by atoms with Gasteiger partial charge in [-0.15, -0.1) is 0 Å². The van der Waals surface area contributed by atoms with Gasteiger partial charge in [-0.3, -0.25) is 4.79 Å². The summed E-state index contributed by atoms with van der Waals surface area (Å²) in [4.78, 5) is 16.7. The molecule has 27 heavy (non-hydrogen) atoms. The fraction of sp³-hybridized carbons (Fsp3) is 0.238. The van der Waals surface area contributed by atoms with Crippen molar-refractivity contribution >= 4 is 28.8 Å². The van der Waals surface area contributed by atoms with Crippen LogP contribution in [0.4, 0.5) is 5.69 Å². The Bertz CT molecular complexity index is 1020. The van der Waals surface area contributed by atoms with E-state index in [0.717, 1.165) is 35.4 Å². The van der Waals surface area contributed by atoms with Crippen LogP contribution in [0.2, 0.25) is 0 Å². The maximum atomic E-state index is 12.2. The monoisotopic (exact) mass is 364 g/mol. The van der Waals surface area contributed by atoms with Gasteiger partial charge in [-0.1, -0.05) is 6.07 Å². The molecule has 1 fully saturated rings. The molecule has 0 aliphatic heterocycles. The molecule has 6 heteroatoms. The number of aromatic nitrogens is 1. The van der Waals surface area contributed by atoms with Gasteiger partial charge >= 0.3 is 0 Å². The Labute approximate surface area is 156 Å². The normalized spacial score (nSPS) is 13.9. The summed E-state index contributed by atoms with van der Waals surface area (Å²) in [6.07, 6.45) is 5.47. The minimum absolute atomic E-state index is 0.227. The highest BCUT2D eigenvalue weighted by Gasteiger charge is 2.28. The van der Waals surface area contributed by atoms with E-state index in [1.54, 1.807) is 26.4 Å². The zero-order chi connectivity index (χ0) is 18.8. The molecule has 1 N–H and O–H groups in total. The van der Waals surface area contributed by atoms with Crippen LogP contribution in [0.3, 0.4) is 0 Å². The number of amides is 1. The van der Waals surface area contributed by atoms with Crippen LogP contribution >= 0.6 is 0 Å². The zero-order valence-electron chi connectivity index (χ0n) is 15.2. The van der Waals surface area contributed by atoms with Crippen LogP contribution in [0.5, 0.6) is 11.5 Å². The van der Waals surface area contributed by atoms with E-state index in [9.17, 15) is 4.79 Å². The number of hydrogen-bond donors (Lipinski definition) is 1. The second-order valence-electron chi connectivity index (χ2n) is 6.45. The number of anilines is 1. The number of methoxy groups -OCH3 is 2. The van der Waals surface area contributed by atoms with Crippen LogP contribution < -0.4 is 14.8 Å². The van der Waals surface area contributed by atoms with Crippen molar-refractivity contribution in [2.24, 2.45) is 0 Å². The SMILES string of the molecule is COc1ccc(/C=C/C(=O)Nc2ccc3oc(C4CC4)nc3c2)cc1OC. The van der Waals surface area contributed by atoms with Gasteiger partial charge in [0.25, 0.3) is 0 Å². The van der Waals surface area contributed by atoms with Crippen molar-refractivity contribution in [2.45, 2.75) is 18.8 Å². The number of nitrogens with one attached hydrogen (secondary N) is 1. The summed E-state index contributed by atoms with van der Waals surface area (Å²) in [6, 6.07) is 10.9. The molecule has 1 aliphatic rings. The highest BCUT2D eigenvalue weighted by Crippen LogP contribution is 2.40. The lowest BCUT2D eigenvalue weighted by Crippen LogP contribution is -2.07. The summed E-state index contributed by atoms with van der Waals surface area (Å²) >= 11 is 0. The van der Waals surface area contributed by atoms with E-state index < -0.39 is 0 Å². The first-order chi connectivity index (χ1) is 13.2. The second kappa shape index (κ2) is 7.15. The third-order valence-electron chi connectivity index (χ3n) is 4.43. The number of carbonyl (C=O) groups excluding carboxylic acids is 1. The van der Waals surface area contributed by atoms with Gasteiger partial charge in [-0.05, 0) is 54.8 Å². The molecule has 1 amide bonds. The Hall–Kier alpha value is -3.28. The lowest BCUT2D eigenvalue weighted by molar-refractivity contribution is -0.111. The molecule has 3 aromatic rings. The molecule has 2 aromatic carbocycles. The number of hydrogen-bond acceptors (Lipinski definition) is 5. The number of ether oxygens (including phenoxy) is 2. The van der Waals surface area contributed by atoms with Crippen LogP contribution in [0, 0.1) is 0 Å². The molecular weight excluding hydrogens is 344 g/mol. The van der Waals surface area contributed by atoms with E-state index in [4.69, 9.17) is 13.9 Å². The Balaban J connectivity index is 1.45. The van der Waals surface area contributed by atoms with E-state index in [0.29, 0.717) is 23.1 Å². The van der Waals surface area contributed by atoms with E-state index in [1.807, 2.05) is 30.3 Å². The standard InChI is InChI=1S/C21H20N2O4/c1-25-18-8-3-13(11-19(18)26-2)4-10-20(24)22-15-7-9-17-16(12-15)23-21(27-17)14-5-6-14/h3-4,7-12,14H,5-6H2,1-2H3,(H,22,24)/b10-4+. The van der Waals surface area contributed by atoms with Crippen molar-refractivity contribution in [3.8, 4) is 11.5 Å². The third-order valence-corrected chi connectivity index (χ3v) is 4.43. The van der Waals surface area contributed by atoms with Crippen LogP contribution in [-0.2, 0) is 4.79 Å². The molecule has 138 valence electrons. The predicted molar refractivity (Wildman–Crippen MR) is 103 cm³/mol. The fourth-order valence-corrected chi connectivity index (χ4v) is 2.84. The quantitative estimate of drug-likeness (QED) is 0.657. The smallest absolute Gasteiger partial charge is 0.248 e. The van der Waals surface area contributed by atoms with Crippen LogP contribution in [-0.4, -0.2) is 25.1 Å². The molecule has 1 heterocycles. The minimum Gasteiger partial charge on any atom is -0.493 e. The molecular formula is C21H20N2O4. The van der Waals surface area contributed by atoms with E-state index in [2.05, 4.69) is 10.3 Å². The number of carbonyl (C=O) groups is 1. The summed E-state index contributed by atoms with van der Waals surface area (Å²) < 4.78 is 16.2. The second-order valence-corrected chi connectivity index (χ2v) is 6.45. The van der Waals surface area contributed by atoms with Gasteiger partial charge in [0.2, 0.25) is 5.91 Å². The highest BCUT2D eigenvalue weighted by molar-refractivity contribution is 6.02. The van der Waals surface area contributed by atoms with Crippen molar-refractivity contribution in [3.05, 3.63) is 53.9 Å². The molecule has 4 rings (SSSR count). The van der Waals surface area contributed by atoms with Crippen molar-refractivity contribution in [1.29, 1.82) is 0 Å².